The molecule has 1 atom stereocenters. The zero-order valence-electron chi connectivity index (χ0n) is 10.9. The molecule has 2 aromatic rings. The highest BCUT2D eigenvalue weighted by Gasteiger charge is 2.28. The van der Waals surface area contributed by atoms with Gasteiger partial charge in [0.1, 0.15) is 5.82 Å². The maximum Gasteiger partial charge on any atom is 0.123 e. The Bertz CT molecular complexity index is 494. The summed E-state index contributed by atoms with van der Waals surface area (Å²) in [6.45, 7) is 6.19. The maximum absolute atomic E-state index is 4.65. The van der Waals surface area contributed by atoms with Crippen LogP contribution in [0.4, 0.5) is 0 Å². The molecule has 0 bridgehead atoms. The molecule has 0 saturated carbocycles. The molecule has 2 N–H and O–H groups in total. The maximum atomic E-state index is 4.65. The van der Waals surface area contributed by atoms with Crippen molar-refractivity contribution in [3.63, 3.8) is 0 Å². The number of nitrogens with one attached hydrogen (secondary N) is 2. The SMILES string of the molecule is Cc1nc(C2CCCN2Cc2ccn[nH]2)[nH]c1C. The van der Waals surface area contributed by atoms with Crippen LogP contribution in [0.1, 0.15) is 41.8 Å². The monoisotopic (exact) mass is 245 g/mol. The lowest BCUT2D eigenvalue weighted by atomic mass is 10.2. The lowest BCUT2D eigenvalue weighted by Gasteiger charge is -2.21. The molecule has 0 aliphatic carbocycles. The molecule has 3 heterocycles. The Morgan fingerprint density at radius 1 is 1.44 bits per heavy atom. The van der Waals surface area contributed by atoms with E-state index in [4.69, 9.17) is 0 Å². The fraction of sp³-hybridized carbons (Fsp3) is 0.538. The van der Waals surface area contributed by atoms with Gasteiger partial charge in [0.2, 0.25) is 0 Å². The first kappa shape index (κ1) is 11.5. The molecule has 0 radical (unpaired) electrons. The van der Waals surface area contributed by atoms with E-state index in [0.29, 0.717) is 6.04 Å². The number of aromatic nitrogens is 4. The molecule has 1 aliphatic heterocycles. The highest BCUT2D eigenvalue weighted by atomic mass is 15.2. The molecular formula is C13H19N5. The Balaban J connectivity index is 1.78. The van der Waals surface area contributed by atoms with Crippen molar-refractivity contribution in [2.45, 2.75) is 39.3 Å². The van der Waals surface area contributed by atoms with Crippen molar-refractivity contribution in [2.75, 3.05) is 6.54 Å². The highest BCUT2D eigenvalue weighted by molar-refractivity contribution is 5.14. The zero-order valence-corrected chi connectivity index (χ0v) is 10.9. The first-order valence-corrected chi connectivity index (χ1v) is 6.49. The van der Waals surface area contributed by atoms with Crippen LogP contribution < -0.4 is 0 Å². The Labute approximate surface area is 107 Å². The first-order valence-electron chi connectivity index (χ1n) is 6.49. The van der Waals surface area contributed by atoms with Crippen LogP contribution >= 0.6 is 0 Å². The predicted octanol–water partition coefficient (Wildman–Crippen LogP) is 2.09. The number of hydrogen-bond donors (Lipinski definition) is 2. The van der Waals surface area contributed by atoms with Crippen molar-refractivity contribution < 1.29 is 0 Å². The van der Waals surface area contributed by atoms with Crippen LogP contribution in [0.3, 0.4) is 0 Å². The number of likely N-dealkylation sites (tertiary alicyclic amines) is 1. The van der Waals surface area contributed by atoms with E-state index in [1.54, 1.807) is 0 Å². The quantitative estimate of drug-likeness (QED) is 0.870. The van der Waals surface area contributed by atoms with Crippen molar-refractivity contribution in [3.8, 4) is 0 Å². The topological polar surface area (TPSA) is 60.6 Å². The molecule has 0 spiro atoms. The van der Waals surface area contributed by atoms with Gasteiger partial charge in [0.05, 0.1) is 11.7 Å². The standard InChI is InChI=1S/C13H19N5/c1-9-10(2)16-13(15-9)12-4-3-7-18(12)8-11-5-6-14-17-11/h5-6,12H,3-4,7-8H2,1-2H3,(H,14,17)(H,15,16). The molecule has 3 rings (SSSR count). The minimum atomic E-state index is 0.417. The summed E-state index contributed by atoms with van der Waals surface area (Å²) in [7, 11) is 0. The predicted molar refractivity (Wildman–Crippen MR) is 69.0 cm³/mol. The molecule has 1 aliphatic rings. The fourth-order valence-corrected chi connectivity index (χ4v) is 2.65. The van der Waals surface area contributed by atoms with Gasteiger partial charge in [0, 0.05) is 24.1 Å². The number of aromatic amines is 2. The van der Waals surface area contributed by atoms with E-state index in [0.717, 1.165) is 24.6 Å². The summed E-state index contributed by atoms with van der Waals surface area (Å²) < 4.78 is 0. The smallest absolute Gasteiger partial charge is 0.123 e. The Morgan fingerprint density at radius 2 is 2.33 bits per heavy atom. The Morgan fingerprint density at radius 3 is 3.00 bits per heavy atom. The number of imidazole rings is 1. The van der Waals surface area contributed by atoms with E-state index in [2.05, 4.69) is 38.9 Å². The van der Waals surface area contributed by atoms with Crippen LogP contribution in [0, 0.1) is 13.8 Å². The fourth-order valence-electron chi connectivity index (χ4n) is 2.65. The third-order valence-corrected chi connectivity index (χ3v) is 3.76. The van der Waals surface area contributed by atoms with Gasteiger partial charge in [0.15, 0.2) is 0 Å². The molecular weight excluding hydrogens is 226 g/mol. The summed E-state index contributed by atoms with van der Waals surface area (Å²) in [5.74, 6) is 1.11. The number of nitrogens with zero attached hydrogens (tertiary/aromatic N) is 3. The van der Waals surface area contributed by atoms with Crippen molar-refractivity contribution in [2.24, 2.45) is 0 Å². The molecule has 0 aromatic carbocycles. The number of aryl methyl sites for hydroxylation is 2. The largest absolute Gasteiger partial charge is 0.345 e. The number of H-pyrrole nitrogens is 2. The van der Waals surface area contributed by atoms with Crippen molar-refractivity contribution in [1.29, 1.82) is 0 Å². The molecule has 5 heteroatoms. The normalized spacial score (nSPS) is 20.7. The molecule has 1 saturated heterocycles. The molecule has 1 unspecified atom stereocenters. The summed E-state index contributed by atoms with van der Waals surface area (Å²) in [4.78, 5) is 10.5. The third kappa shape index (κ3) is 2.06. The van der Waals surface area contributed by atoms with Crippen molar-refractivity contribution in [1.82, 2.24) is 25.1 Å². The van der Waals surface area contributed by atoms with Gasteiger partial charge in [-0.25, -0.2) is 4.98 Å². The molecule has 18 heavy (non-hydrogen) atoms. The summed E-state index contributed by atoms with van der Waals surface area (Å²) in [5, 5.41) is 7.04. The molecule has 0 amide bonds. The van der Waals surface area contributed by atoms with Gasteiger partial charge in [-0.3, -0.25) is 10.00 Å². The van der Waals surface area contributed by atoms with E-state index in [1.165, 1.54) is 24.2 Å². The minimum Gasteiger partial charge on any atom is -0.345 e. The van der Waals surface area contributed by atoms with Gasteiger partial charge in [-0.2, -0.15) is 5.10 Å². The first-order chi connectivity index (χ1) is 8.74. The van der Waals surface area contributed by atoms with Gasteiger partial charge in [-0.15, -0.1) is 0 Å². The van der Waals surface area contributed by atoms with Gasteiger partial charge in [-0.05, 0) is 39.3 Å². The van der Waals surface area contributed by atoms with Crippen LogP contribution in [0.25, 0.3) is 0 Å². The summed E-state index contributed by atoms with van der Waals surface area (Å²) in [5.41, 5.74) is 3.46. The second kappa shape index (κ2) is 4.57. The van der Waals surface area contributed by atoms with E-state index in [9.17, 15) is 0 Å². The second-order valence-electron chi connectivity index (χ2n) is 5.04. The molecule has 1 fully saturated rings. The Kier molecular flexibility index (Phi) is 2.91. The molecule has 96 valence electrons. The van der Waals surface area contributed by atoms with Crippen LogP contribution in [0.15, 0.2) is 12.3 Å². The summed E-state index contributed by atoms with van der Waals surface area (Å²) >= 11 is 0. The lowest BCUT2D eigenvalue weighted by molar-refractivity contribution is 0.238. The average molecular weight is 245 g/mol. The van der Waals surface area contributed by atoms with Crippen molar-refractivity contribution in [3.05, 3.63) is 35.2 Å². The molecule has 5 nitrogen and oxygen atoms in total. The van der Waals surface area contributed by atoms with E-state index < -0.39 is 0 Å². The average Bonchev–Trinajstić information content (AvgIpc) is 3.03. The zero-order chi connectivity index (χ0) is 12.5. The van der Waals surface area contributed by atoms with E-state index >= 15 is 0 Å². The van der Waals surface area contributed by atoms with Crippen LogP contribution in [-0.4, -0.2) is 31.6 Å². The van der Waals surface area contributed by atoms with Gasteiger partial charge in [0.25, 0.3) is 0 Å². The second-order valence-corrected chi connectivity index (χ2v) is 5.04. The van der Waals surface area contributed by atoms with E-state index in [-0.39, 0.29) is 0 Å². The number of hydrogen-bond acceptors (Lipinski definition) is 3. The van der Waals surface area contributed by atoms with Gasteiger partial charge >= 0.3 is 0 Å². The summed E-state index contributed by atoms with van der Waals surface area (Å²) in [6, 6.07) is 2.45. The third-order valence-electron chi connectivity index (χ3n) is 3.76. The lowest BCUT2D eigenvalue weighted by Crippen LogP contribution is -2.23. The van der Waals surface area contributed by atoms with Gasteiger partial charge < -0.3 is 4.98 Å². The Hall–Kier alpha value is -1.62. The van der Waals surface area contributed by atoms with Crippen LogP contribution in [0.5, 0.6) is 0 Å². The molecule has 2 aromatic heterocycles. The minimum absolute atomic E-state index is 0.417. The summed E-state index contributed by atoms with van der Waals surface area (Å²) in [6.07, 6.45) is 4.22. The van der Waals surface area contributed by atoms with E-state index in [1.807, 2.05) is 12.3 Å². The van der Waals surface area contributed by atoms with Gasteiger partial charge in [-0.1, -0.05) is 0 Å². The number of rotatable bonds is 3. The van der Waals surface area contributed by atoms with Crippen LogP contribution in [-0.2, 0) is 6.54 Å². The van der Waals surface area contributed by atoms with Crippen LogP contribution in [0.2, 0.25) is 0 Å². The van der Waals surface area contributed by atoms with Crippen molar-refractivity contribution >= 4 is 0 Å². The highest BCUT2D eigenvalue weighted by Crippen LogP contribution is 2.31.